The van der Waals surface area contributed by atoms with Crippen molar-refractivity contribution in [1.82, 2.24) is 4.98 Å². The standard InChI is InChI=1S/C8H10Cl2N2O/c1-4(13)7(11)6-2-5(9)3-12-8(6)10/h2-4,7,13H,11H2,1H3/t4-,7+/m0/s1. The first kappa shape index (κ1) is 10.7. The fourth-order valence-corrected chi connectivity index (χ4v) is 1.33. The molecule has 3 N–H and O–H groups in total. The van der Waals surface area contributed by atoms with Gasteiger partial charge in [0, 0.05) is 11.8 Å². The molecule has 72 valence electrons. The lowest BCUT2D eigenvalue weighted by Crippen LogP contribution is -2.23. The van der Waals surface area contributed by atoms with Gasteiger partial charge in [0.15, 0.2) is 0 Å². The van der Waals surface area contributed by atoms with Crippen LogP contribution in [0.4, 0.5) is 0 Å². The van der Waals surface area contributed by atoms with E-state index in [0.717, 1.165) is 0 Å². The van der Waals surface area contributed by atoms with Gasteiger partial charge in [0.1, 0.15) is 5.15 Å². The van der Waals surface area contributed by atoms with E-state index in [1.54, 1.807) is 13.0 Å². The van der Waals surface area contributed by atoms with Crippen LogP contribution in [-0.2, 0) is 0 Å². The Morgan fingerprint density at radius 2 is 2.15 bits per heavy atom. The van der Waals surface area contributed by atoms with E-state index in [2.05, 4.69) is 4.98 Å². The van der Waals surface area contributed by atoms with Crippen LogP contribution in [0.2, 0.25) is 10.2 Å². The fourth-order valence-electron chi connectivity index (χ4n) is 0.932. The van der Waals surface area contributed by atoms with Crippen molar-refractivity contribution >= 4 is 23.2 Å². The minimum Gasteiger partial charge on any atom is -0.391 e. The minimum absolute atomic E-state index is 0.276. The maximum atomic E-state index is 9.24. The molecule has 3 nitrogen and oxygen atoms in total. The molecular weight excluding hydrogens is 211 g/mol. The molecule has 1 aromatic rings. The van der Waals surface area contributed by atoms with E-state index in [4.69, 9.17) is 28.9 Å². The van der Waals surface area contributed by atoms with Crippen LogP contribution in [0, 0.1) is 0 Å². The van der Waals surface area contributed by atoms with E-state index in [1.165, 1.54) is 6.20 Å². The number of nitrogens with two attached hydrogens (primary N) is 1. The largest absolute Gasteiger partial charge is 0.391 e. The molecule has 2 atom stereocenters. The number of hydrogen-bond acceptors (Lipinski definition) is 3. The van der Waals surface area contributed by atoms with E-state index in [1.807, 2.05) is 0 Å². The van der Waals surface area contributed by atoms with Gasteiger partial charge in [-0.05, 0) is 13.0 Å². The van der Waals surface area contributed by atoms with Crippen LogP contribution in [0.15, 0.2) is 12.3 Å². The van der Waals surface area contributed by atoms with Crippen molar-refractivity contribution in [2.45, 2.75) is 19.1 Å². The molecule has 0 aliphatic rings. The summed E-state index contributed by atoms with van der Waals surface area (Å²) in [6.45, 7) is 1.59. The van der Waals surface area contributed by atoms with Crippen LogP contribution >= 0.6 is 23.2 Å². The van der Waals surface area contributed by atoms with Crippen molar-refractivity contribution in [3.8, 4) is 0 Å². The maximum Gasteiger partial charge on any atom is 0.133 e. The maximum absolute atomic E-state index is 9.24. The number of aromatic nitrogens is 1. The monoisotopic (exact) mass is 220 g/mol. The molecule has 5 heteroatoms. The molecule has 1 heterocycles. The Morgan fingerprint density at radius 1 is 1.54 bits per heavy atom. The molecule has 0 radical (unpaired) electrons. The molecule has 0 saturated heterocycles. The van der Waals surface area contributed by atoms with Crippen LogP contribution in [0.3, 0.4) is 0 Å². The average molecular weight is 221 g/mol. The summed E-state index contributed by atoms with van der Waals surface area (Å²) in [7, 11) is 0. The first-order chi connectivity index (χ1) is 6.02. The Kier molecular flexibility index (Phi) is 3.50. The van der Waals surface area contributed by atoms with Gasteiger partial charge in [0.2, 0.25) is 0 Å². The summed E-state index contributed by atoms with van der Waals surface area (Å²) < 4.78 is 0. The molecule has 1 aromatic heterocycles. The summed E-state index contributed by atoms with van der Waals surface area (Å²) in [5.41, 5.74) is 6.23. The topological polar surface area (TPSA) is 59.1 Å². The van der Waals surface area contributed by atoms with Crippen molar-refractivity contribution in [3.63, 3.8) is 0 Å². The Bertz CT molecular complexity index is 304. The molecule has 0 aromatic carbocycles. The number of nitrogens with zero attached hydrogens (tertiary/aromatic N) is 1. The van der Waals surface area contributed by atoms with Crippen LogP contribution < -0.4 is 5.73 Å². The zero-order chi connectivity index (χ0) is 10.0. The fraction of sp³-hybridized carbons (Fsp3) is 0.375. The highest BCUT2D eigenvalue weighted by Gasteiger charge is 2.16. The Labute approximate surface area is 86.5 Å². The van der Waals surface area contributed by atoms with Gasteiger partial charge in [0.25, 0.3) is 0 Å². The second kappa shape index (κ2) is 4.24. The molecule has 13 heavy (non-hydrogen) atoms. The zero-order valence-electron chi connectivity index (χ0n) is 7.04. The highest BCUT2D eigenvalue weighted by molar-refractivity contribution is 6.32. The second-order valence-electron chi connectivity index (χ2n) is 2.80. The quantitative estimate of drug-likeness (QED) is 0.748. The van der Waals surface area contributed by atoms with Crippen molar-refractivity contribution in [1.29, 1.82) is 0 Å². The number of halogens is 2. The van der Waals surface area contributed by atoms with E-state index in [0.29, 0.717) is 10.6 Å². The summed E-state index contributed by atoms with van der Waals surface area (Å²) in [5.74, 6) is 0. The van der Waals surface area contributed by atoms with Crippen LogP contribution in [0.25, 0.3) is 0 Å². The summed E-state index contributed by atoms with van der Waals surface area (Å²) >= 11 is 11.5. The lowest BCUT2D eigenvalue weighted by molar-refractivity contribution is 0.164. The molecule has 0 fully saturated rings. The number of pyridine rings is 1. The smallest absolute Gasteiger partial charge is 0.133 e. The van der Waals surface area contributed by atoms with E-state index >= 15 is 0 Å². The van der Waals surface area contributed by atoms with Crippen molar-refractivity contribution in [2.24, 2.45) is 5.73 Å². The van der Waals surface area contributed by atoms with Crippen LogP contribution in [0.1, 0.15) is 18.5 Å². The molecule has 0 amide bonds. The van der Waals surface area contributed by atoms with Gasteiger partial charge in [-0.2, -0.15) is 0 Å². The number of aliphatic hydroxyl groups is 1. The minimum atomic E-state index is -0.683. The van der Waals surface area contributed by atoms with E-state index < -0.39 is 12.1 Å². The normalized spacial score (nSPS) is 15.5. The van der Waals surface area contributed by atoms with Gasteiger partial charge in [-0.25, -0.2) is 4.98 Å². The third-order valence-corrected chi connectivity index (χ3v) is 2.23. The van der Waals surface area contributed by atoms with Crippen molar-refractivity contribution in [2.75, 3.05) is 0 Å². The van der Waals surface area contributed by atoms with E-state index in [9.17, 15) is 5.11 Å². The zero-order valence-corrected chi connectivity index (χ0v) is 8.55. The van der Waals surface area contributed by atoms with Gasteiger partial charge in [0.05, 0.1) is 17.2 Å². The predicted octanol–water partition coefficient (Wildman–Crippen LogP) is 1.77. The molecule has 0 bridgehead atoms. The summed E-state index contributed by atoms with van der Waals surface area (Å²) in [4.78, 5) is 3.82. The molecule has 0 spiro atoms. The molecule has 0 aliphatic heterocycles. The highest BCUT2D eigenvalue weighted by atomic mass is 35.5. The molecular formula is C8H10Cl2N2O. The summed E-state index contributed by atoms with van der Waals surface area (Å²) in [6.07, 6.45) is 0.750. The second-order valence-corrected chi connectivity index (χ2v) is 3.59. The summed E-state index contributed by atoms with van der Waals surface area (Å²) in [6, 6.07) is 1.05. The first-order valence-electron chi connectivity index (χ1n) is 3.77. The van der Waals surface area contributed by atoms with Crippen LogP contribution in [0.5, 0.6) is 0 Å². The lowest BCUT2D eigenvalue weighted by atomic mass is 10.1. The summed E-state index contributed by atoms with van der Waals surface area (Å²) in [5, 5.41) is 9.97. The lowest BCUT2D eigenvalue weighted by Gasteiger charge is -2.15. The third kappa shape index (κ3) is 2.54. The molecule has 1 rings (SSSR count). The van der Waals surface area contributed by atoms with Crippen molar-refractivity contribution in [3.05, 3.63) is 28.0 Å². The van der Waals surface area contributed by atoms with Crippen molar-refractivity contribution < 1.29 is 5.11 Å². The number of rotatable bonds is 2. The molecule has 0 saturated carbocycles. The number of hydrogen-bond donors (Lipinski definition) is 2. The van der Waals surface area contributed by atoms with Gasteiger partial charge in [-0.1, -0.05) is 23.2 Å². The Balaban J connectivity index is 3.05. The first-order valence-corrected chi connectivity index (χ1v) is 4.52. The Hall–Kier alpha value is -0.350. The number of aliphatic hydroxyl groups excluding tert-OH is 1. The molecule has 0 unspecified atom stereocenters. The average Bonchev–Trinajstić information content (AvgIpc) is 2.08. The van der Waals surface area contributed by atoms with Gasteiger partial charge >= 0.3 is 0 Å². The van der Waals surface area contributed by atoms with Crippen LogP contribution in [-0.4, -0.2) is 16.2 Å². The predicted molar refractivity (Wildman–Crippen MR) is 52.9 cm³/mol. The van der Waals surface area contributed by atoms with Gasteiger partial charge in [-0.15, -0.1) is 0 Å². The Morgan fingerprint density at radius 3 is 2.69 bits per heavy atom. The third-order valence-electron chi connectivity index (χ3n) is 1.71. The highest BCUT2D eigenvalue weighted by Crippen LogP contribution is 2.24. The SMILES string of the molecule is C[C@H](O)[C@@H](N)c1cc(Cl)cnc1Cl. The van der Waals surface area contributed by atoms with Gasteiger partial charge < -0.3 is 10.8 Å². The molecule has 0 aliphatic carbocycles. The van der Waals surface area contributed by atoms with E-state index in [-0.39, 0.29) is 5.15 Å². The van der Waals surface area contributed by atoms with Gasteiger partial charge in [-0.3, -0.25) is 0 Å².